The maximum Gasteiger partial charge on any atom is 0.327 e. The maximum absolute atomic E-state index is 12.0. The van der Waals surface area contributed by atoms with E-state index in [1.807, 2.05) is 0 Å². The SMILES string of the molecule is N[C@]1(C(=O)O)COCC1SF. The third-order valence-corrected chi connectivity index (χ3v) is 2.46. The van der Waals surface area contributed by atoms with Crippen molar-refractivity contribution in [3.63, 3.8) is 0 Å². The highest BCUT2D eigenvalue weighted by molar-refractivity contribution is 7.95. The second kappa shape index (κ2) is 2.96. The molecule has 0 amide bonds. The number of rotatable bonds is 2. The first-order valence-corrected chi connectivity index (χ1v) is 3.76. The molecule has 2 atom stereocenters. The average molecular weight is 181 g/mol. The number of hydrogen-bond donors (Lipinski definition) is 2. The Morgan fingerprint density at radius 3 is 2.91 bits per heavy atom. The lowest BCUT2D eigenvalue weighted by atomic mass is 10.0. The van der Waals surface area contributed by atoms with Crippen molar-refractivity contribution in [1.82, 2.24) is 0 Å². The number of carbonyl (C=O) groups is 1. The molecule has 64 valence electrons. The van der Waals surface area contributed by atoms with Crippen molar-refractivity contribution in [1.29, 1.82) is 0 Å². The summed E-state index contributed by atoms with van der Waals surface area (Å²) in [6.45, 7) is -0.0616. The molecule has 3 N–H and O–H groups in total. The molecule has 0 aliphatic carbocycles. The molecule has 1 rings (SSSR count). The fraction of sp³-hybridized carbons (Fsp3) is 0.800. The van der Waals surface area contributed by atoms with Gasteiger partial charge in [-0.05, 0) is 0 Å². The number of hydrogen-bond acceptors (Lipinski definition) is 4. The fourth-order valence-electron chi connectivity index (χ4n) is 0.881. The topological polar surface area (TPSA) is 72.6 Å². The molecule has 0 radical (unpaired) electrons. The van der Waals surface area contributed by atoms with Gasteiger partial charge in [0.1, 0.15) is 0 Å². The third-order valence-electron chi connectivity index (χ3n) is 1.69. The zero-order chi connectivity index (χ0) is 8.48. The minimum atomic E-state index is -1.56. The Bertz CT molecular complexity index is 179. The van der Waals surface area contributed by atoms with Crippen molar-refractivity contribution in [2.24, 2.45) is 5.73 Å². The summed E-state index contributed by atoms with van der Waals surface area (Å²) in [5.41, 5.74) is 3.82. The van der Waals surface area contributed by atoms with Gasteiger partial charge in [0, 0.05) is 0 Å². The number of ether oxygens (including phenoxy) is 1. The highest BCUT2D eigenvalue weighted by Gasteiger charge is 2.48. The van der Waals surface area contributed by atoms with Crippen LogP contribution in [0.3, 0.4) is 0 Å². The molecule has 0 aromatic rings. The van der Waals surface area contributed by atoms with Crippen molar-refractivity contribution in [2.75, 3.05) is 13.2 Å². The zero-order valence-electron chi connectivity index (χ0n) is 5.62. The van der Waals surface area contributed by atoms with E-state index in [0.29, 0.717) is 0 Å². The normalized spacial score (nSPS) is 37.5. The number of halogens is 1. The highest BCUT2D eigenvalue weighted by Crippen LogP contribution is 2.28. The molecule has 1 heterocycles. The maximum atomic E-state index is 12.0. The lowest BCUT2D eigenvalue weighted by Crippen LogP contribution is -2.55. The summed E-state index contributed by atoms with van der Waals surface area (Å²) in [6.07, 6.45) is 0. The van der Waals surface area contributed by atoms with Crippen LogP contribution in [0.2, 0.25) is 0 Å². The van der Waals surface area contributed by atoms with Crippen LogP contribution in [0.25, 0.3) is 0 Å². The summed E-state index contributed by atoms with van der Waals surface area (Å²) < 4.78 is 16.8. The predicted octanol–water partition coefficient (Wildman–Crippen LogP) is -0.215. The van der Waals surface area contributed by atoms with Crippen LogP contribution in [0, 0.1) is 0 Å². The molecule has 1 fully saturated rings. The van der Waals surface area contributed by atoms with Gasteiger partial charge in [-0.15, -0.1) is 0 Å². The molecule has 1 unspecified atom stereocenters. The minimum Gasteiger partial charge on any atom is -0.480 e. The van der Waals surface area contributed by atoms with E-state index < -0.39 is 16.8 Å². The fourth-order valence-corrected chi connectivity index (χ4v) is 1.36. The molecule has 1 saturated heterocycles. The number of nitrogens with two attached hydrogens (primary N) is 1. The van der Waals surface area contributed by atoms with Crippen molar-refractivity contribution >= 4 is 18.1 Å². The van der Waals surface area contributed by atoms with Crippen LogP contribution in [0.1, 0.15) is 0 Å². The van der Waals surface area contributed by atoms with E-state index in [1.165, 1.54) is 0 Å². The number of carboxylic acids is 1. The Kier molecular flexibility index (Phi) is 2.36. The molecule has 6 heteroatoms. The van der Waals surface area contributed by atoms with Gasteiger partial charge < -0.3 is 15.6 Å². The molecule has 1 aliphatic heterocycles. The van der Waals surface area contributed by atoms with Gasteiger partial charge in [0.25, 0.3) is 0 Å². The number of aliphatic carboxylic acids is 1. The Morgan fingerprint density at radius 1 is 1.91 bits per heavy atom. The van der Waals surface area contributed by atoms with Crippen molar-refractivity contribution in [3.05, 3.63) is 0 Å². The van der Waals surface area contributed by atoms with E-state index >= 15 is 0 Å². The van der Waals surface area contributed by atoms with E-state index in [4.69, 9.17) is 15.6 Å². The lowest BCUT2D eigenvalue weighted by molar-refractivity contribution is -0.143. The van der Waals surface area contributed by atoms with E-state index in [0.717, 1.165) is 0 Å². The molecule has 0 aromatic heterocycles. The predicted molar refractivity (Wildman–Crippen MR) is 37.9 cm³/mol. The summed E-state index contributed by atoms with van der Waals surface area (Å²) in [7, 11) is 0. The van der Waals surface area contributed by atoms with Crippen LogP contribution in [0.4, 0.5) is 3.89 Å². The van der Waals surface area contributed by atoms with Gasteiger partial charge in [-0.1, -0.05) is 0 Å². The summed E-state index contributed by atoms with van der Waals surface area (Å²) in [4.78, 5) is 10.5. The van der Waals surface area contributed by atoms with E-state index in [1.54, 1.807) is 0 Å². The second-order valence-electron chi connectivity index (χ2n) is 2.44. The van der Waals surface area contributed by atoms with Crippen LogP contribution < -0.4 is 5.73 Å². The monoisotopic (exact) mass is 181 g/mol. The zero-order valence-corrected chi connectivity index (χ0v) is 6.44. The summed E-state index contributed by atoms with van der Waals surface area (Å²) >= 11 is -0.0631. The van der Waals surface area contributed by atoms with Gasteiger partial charge >= 0.3 is 5.97 Å². The van der Waals surface area contributed by atoms with Crippen LogP contribution in [0.5, 0.6) is 0 Å². The number of carboxylic acid groups (broad SMARTS) is 1. The van der Waals surface area contributed by atoms with Gasteiger partial charge in [0.2, 0.25) is 0 Å². The second-order valence-corrected chi connectivity index (χ2v) is 3.19. The summed E-state index contributed by atoms with van der Waals surface area (Å²) in [5.74, 6) is -1.22. The molecule has 0 saturated carbocycles. The third kappa shape index (κ3) is 1.33. The van der Waals surface area contributed by atoms with E-state index in [2.05, 4.69) is 0 Å². The Balaban J connectivity index is 2.75. The van der Waals surface area contributed by atoms with Crippen LogP contribution >= 0.6 is 12.1 Å². The minimum absolute atomic E-state index is 0.0595. The van der Waals surface area contributed by atoms with Crippen molar-refractivity contribution < 1.29 is 18.5 Å². The standard InChI is InChI=1S/C5H8FNO3S/c6-11-3-1-10-2-5(3,7)4(8)9/h3H,1-2,7H2,(H,8,9)/t3?,5-/m1/s1. The molecule has 4 nitrogen and oxygen atoms in total. The Morgan fingerprint density at radius 2 is 2.55 bits per heavy atom. The van der Waals surface area contributed by atoms with Crippen molar-refractivity contribution in [3.8, 4) is 0 Å². The van der Waals surface area contributed by atoms with Gasteiger partial charge in [0.15, 0.2) is 5.54 Å². The molecular formula is C5H8FNO3S. The van der Waals surface area contributed by atoms with Gasteiger partial charge in [-0.3, -0.25) is 4.79 Å². The molecule has 1 aliphatic rings. The summed E-state index contributed by atoms with van der Waals surface area (Å²) in [6, 6.07) is 0. The van der Waals surface area contributed by atoms with Crippen molar-refractivity contribution in [2.45, 2.75) is 10.8 Å². The first kappa shape index (κ1) is 8.76. The quantitative estimate of drug-likeness (QED) is 0.616. The Hall–Kier alpha value is -0.330. The first-order valence-electron chi connectivity index (χ1n) is 2.98. The van der Waals surface area contributed by atoms with Crippen LogP contribution in [0.15, 0.2) is 0 Å². The van der Waals surface area contributed by atoms with Gasteiger partial charge in [-0.25, -0.2) is 0 Å². The van der Waals surface area contributed by atoms with Crippen LogP contribution in [-0.2, 0) is 9.53 Å². The molecule has 0 spiro atoms. The lowest BCUT2D eigenvalue weighted by Gasteiger charge is -2.20. The largest absolute Gasteiger partial charge is 0.480 e. The molecule has 11 heavy (non-hydrogen) atoms. The smallest absolute Gasteiger partial charge is 0.327 e. The van der Waals surface area contributed by atoms with Crippen LogP contribution in [-0.4, -0.2) is 35.1 Å². The highest BCUT2D eigenvalue weighted by atomic mass is 32.2. The molecule has 0 aromatic carbocycles. The first-order chi connectivity index (χ1) is 5.11. The average Bonchev–Trinajstić information content (AvgIpc) is 2.32. The Labute approximate surface area is 67.2 Å². The molecule has 0 bridgehead atoms. The van der Waals surface area contributed by atoms with E-state index in [9.17, 15) is 8.68 Å². The van der Waals surface area contributed by atoms with Gasteiger partial charge in [-0.2, -0.15) is 3.89 Å². The summed E-state index contributed by atoms with van der Waals surface area (Å²) in [5, 5.41) is 7.80. The van der Waals surface area contributed by atoms with Gasteiger partial charge in [0.05, 0.1) is 30.6 Å². The van der Waals surface area contributed by atoms with E-state index in [-0.39, 0.29) is 25.4 Å². The molecular weight excluding hydrogens is 173 g/mol.